The van der Waals surface area contributed by atoms with Crippen LogP contribution in [-0.4, -0.2) is 32.2 Å². The number of carbonyl (C=O) groups is 1. The minimum absolute atomic E-state index is 0. The van der Waals surface area contributed by atoms with Gasteiger partial charge in [0.1, 0.15) is 5.82 Å². The average Bonchev–Trinajstić information content (AvgIpc) is 2.36. The second-order valence-electron chi connectivity index (χ2n) is 4.03. The van der Waals surface area contributed by atoms with Crippen LogP contribution in [0.25, 0.3) is 0 Å². The molecule has 3 N–H and O–H groups in total. The summed E-state index contributed by atoms with van der Waals surface area (Å²) in [5.41, 5.74) is 6.28. The highest BCUT2D eigenvalue weighted by Crippen LogP contribution is 2.03. The van der Waals surface area contributed by atoms with E-state index in [1.165, 1.54) is 19.2 Å². The smallest absolute Gasteiger partial charge is 0.222 e. The van der Waals surface area contributed by atoms with Crippen molar-refractivity contribution in [3.8, 4) is 0 Å². The van der Waals surface area contributed by atoms with Gasteiger partial charge in [0.05, 0.1) is 12.5 Å². The Balaban J connectivity index is 0.00000324. The Morgan fingerprint density at radius 1 is 1.53 bits per heavy atom. The van der Waals surface area contributed by atoms with Gasteiger partial charge < -0.3 is 15.8 Å². The fourth-order valence-corrected chi connectivity index (χ4v) is 1.58. The van der Waals surface area contributed by atoms with Gasteiger partial charge >= 0.3 is 0 Å². The van der Waals surface area contributed by atoms with E-state index in [1.807, 2.05) is 6.07 Å². The lowest BCUT2D eigenvalue weighted by molar-refractivity contribution is -0.123. The second-order valence-corrected chi connectivity index (χ2v) is 4.03. The van der Waals surface area contributed by atoms with Gasteiger partial charge in [-0.2, -0.15) is 0 Å². The summed E-state index contributed by atoms with van der Waals surface area (Å²) in [6.45, 7) is 0.789. The van der Waals surface area contributed by atoms with Crippen LogP contribution in [0, 0.1) is 5.82 Å². The minimum Gasteiger partial charge on any atom is -0.380 e. The molecule has 0 aliphatic heterocycles. The Labute approximate surface area is 118 Å². The number of hydrogen-bond acceptors (Lipinski definition) is 3. The van der Waals surface area contributed by atoms with Crippen molar-refractivity contribution in [2.45, 2.75) is 18.9 Å². The van der Waals surface area contributed by atoms with Gasteiger partial charge in [-0.25, -0.2) is 4.39 Å². The average molecular weight is 291 g/mol. The molecule has 0 saturated carbocycles. The predicted molar refractivity (Wildman–Crippen MR) is 74.8 cm³/mol. The molecule has 0 bridgehead atoms. The van der Waals surface area contributed by atoms with E-state index < -0.39 is 0 Å². The van der Waals surface area contributed by atoms with Crippen LogP contribution in [0.1, 0.15) is 12.0 Å². The van der Waals surface area contributed by atoms with Crippen LogP contribution in [0.5, 0.6) is 0 Å². The first kappa shape index (κ1) is 17.8. The van der Waals surface area contributed by atoms with Gasteiger partial charge in [-0.15, -0.1) is 12.4 Å². The van der Waals surface area contributed by atoms with E-state index in [0.29, 0.717) is 19.5 Å². The molecule has 0 radical (unpaired) electrons. The van der Waals surface area contributed by atoms with Gasteiger partial charge in [-0.3, -0.25) is 4.79 Å². The number of methoxy groups -OCH3 is 1. The SMILES string of the molecule is COC(CN)CC(=O)NCCc1cccc(F)c1.Cl. The highest BCUT2D eigenvalue weighted by molar-refractivity contribution is 5.85. The minimum atomic E-state index is -0.263. The summed E-state index contributed by atoms with van der Waals surface area (Å²) in [7, 11) is 1.53. The Morgan fingerprint density at radius 3 is 2.84 bits per heavy atom. The molecule has 1 atom stereocenters. The topological polar surface area (TPSA) is 64.3 Å². The van der Waals surface area contributed by atoms with E-state index in [4.69, 9.17) is 10.5 Å². The maximum absolute atomic E-state index is 12.9. The number of nitrogens with two attached hydrogens (primary N) is 1. The summed E-state index contributed by atoms with van der Waals surface area (Å²) < 4.78 is 17.9. The third-order valence-corrected chi connectivity index (χ3v) is 2.63. The number of ether oxygens (including phenoxy) is 1. The van der Waals surface area contributed by atoms with Crippen molar-refractivity contribution in [3.05, 3.63) is 35.6 Å². The zero-order valence-corrected chi connectivity index (χ0v) is 11.7. The molecular formula is C13H20ClFN2O2. The van der Waals surface area contributed by atoms with Crippen molar-refractivity contribution < 1.29 is 13.9 Å². The molecule has 6 heteroatoms. The van der Waals surface area contributed by atoms with Crippen LogP contribution in [0.4, 0.5) is 4.39 Å². The largest absolute Gasteiger partial charge is 0.380 e. The van der Waals surface area contributed by atoms with Crippen molar-refractivity contribution in [2.75, 3.05) is 20.2 Å². The van der Waals surface area contributed by atoms with Gasteiger partial charge in [-0.1, -0.05) is 12.1 Å². The van der Waals surface area contributed by atoms with Crippen molar-refractivity contribution in [3.63, 3.8) is 0 Å². The van der Waals surface area contributed by atoms with Crippen molar-refractivity contribution in [2.24, 2.45) is 5.73 Å². The number of nitrogens with one attached hydrogen (secondary N) is 1. The summed E-state index contributed by atoms with van der Waals surface area (Å²) in [5.74, 6) is -0.370. The number of benzene rings is 1. The summed E-state index contributed by atoms with van der Waals surface area (Å²) in [6, 6.07) is 6.34. The van der Waals surface area contributed by atoms with Gasteiger partial charge in [0.15, 0.2) is 0 Å². The highest BCUT2D eigenvalue weighted by Gasteiger charge is 2.10. The van der Waals surface area contributed by atoms with Crippen LogP contribution < -0.4 is 11.1 Å². The van der Waals surface area contributed by atoms with Gasteiger partial charge in [-0.05, 0) is 24.1 Å². The normalized spacial score (nSPS) is 11.5. The Kier molecular flexibility index (Phi) is 9.12. The first-order valence-electron chi connectivity index (χ1n) is 5.89. The summed E-state index contributed by atoms with van der Waals surface area (Å²) in [6.07, 6.45) is 0.596. The molecule has 1 rings (SSSR count). The standard InChI is InChI=1S/C13H19FN2O2.ClH/c1-18-12(9-15)8-13(17)16-6-5-10-3-2-4-11(14)7-10;/h2-4,7,12H,5-6,8-9,15H2,1H3,(H,16,17);1H. The molecule has 0 aliphatic rings. The molecule has 0 heterocycles. The van der Waals surface area contributed by atoms with Gasteiger partial charge in [0.25, 0.3) is 0 Å². The molecule has 0 spiro atoms. The first-order chi connectivity index (χ1) is 8.65. The monoisotopic (exact) mass is 290 g/mol. The highest BCUT2D eigenvalue weighted by atomic mass is 35.5. The molecule has 0 aromatic heterocycles. The number of carbonyl (C=O) groups excluding carboxylic acids is 1. The zero-order chi connectivity index (χ0) is 13.4. The molecule has 0 saturated heterocycles. The summed E-state index contributed by atoms with van der Waals surface area (Å²) >= 11 is 0. The van der Waals surface area contributed by atoms with Crippen LogP contribution >= 0.6 is 12.4 Å². The third kappa shape index (κ3) is 7.10. The van der Waals surface area contributed by atoms with Crippen molar-refractivity contribution in [1.29, 1.82) is 0 Å². The van der Waals surface area contributed by atoms with Crippen molar-refractivity contribution >= 4 is 18.3 Å². The number of halogens is 2. The second kappa shape index (κ2) is 9.72. The molecule has 108 valence electrons. The van der Waals surface area contributed by atoms with E-state index in [9.17, 15) is 9.18 Å². The van der Waals surface area contributed by atoms with Gasteiger partial charge in [0.2, 0.25) is 5.91 Å². The predicted octanol–water partition coefficient (Wildman–Crippen LogP) is 1.27. The zero-order valence-electron chi connectivity index (χ0n) is 10.9. The molecule has 0 aliphatic carbocycles. The van der Waals surface area contributed by atoms with Crippen LogP contribution in [0.3, 0.4) is 0 Å². The van der Waals surface area contributed by atoms with E-state index in [2.05, 4.69) is 5.32 Å². The fraction of sp³-hybridized carbons (Fsp3) is 0.462. The third-order valence-electron chi connectivity index (χ3n) is 2.63. The fourth-order valence-electron chi connectivity index (χ4n) is 1.58. The molecule has 1 amide bonds. The van der Waals surface area contributed by atoms with Crippen LogP contribution in [0.15, 0.2) is 24.3 Å². The lowest BCUT2D eigenvalue weighted by atomic mass is 10.1. The molecule has 19 heavy (non-hydrogen) atoms. The molecule has 0 fully saturated rings. The Morgan fingerprint density at radius 2 is 2.26 bits per heavy atom. The maximum atomic E-state index is 12.9. The number of rotatable bonds is 7. The van der Waals surface area contributed by atoms with E-state index in [-0.39, 0.29) is 36.7 Å². The molecule has 1 aromatic rings. The molecule has 4 nitrogen and oxygen atoms in total. The number of hydrogen-bond donors (Lipinski definition) is 2. The van der Waals surface area contributed by atoms with Crippen molar-refractivity contribution in [1.82, 2.24) is 5.32 Å². The molecule has 1 unspecified atom stereocenters. The lowest BCUT2D eigenvalue weighted by Gasteiger charge is -2.12. The van der Waals surface area contributed by atoms with E-state index in [1.54, 1.807) is 6.07 Å². The Hall–Kier alpha value is -1.17. The quantitative estimate of drug-likeness (QED) is 0.795. The van der Waals surface area contributed by atoms with Crippen LogP contribution in [0.2, 0.25) is 0 Å². The maximum Gasteiger partial charge on any atom is 0.222 e. The van der Waals surface area contributed by atoms with Gasteiger partial charge in [0, 0.05) is 20.2 Å². The molecule has 1 aromatic carbocycles. The lowest BCUT2D eigenvalue weighted by Crippen LogP contribution is -2.33. The van der Waals surface area contributed by atoms with Crippen LogP contribution in [-0.2, 0) is 16.0 Å². The van der Waals surface area contributed by atoms with E-state index in [0.717, 1.165) is 5.56 Å². The summed E-state index contributed by atoms with van der Waals surface area (Å²) in [4.78, 5) is 11.5. The van der Waals surface area contributed by atoms with E-state index >= 15 is 0 Å². The summed E-state index contributed by atoms with van der Waals surface area (Å²) in [5, 5.41) is 2.75. The first-order valence-corrected chi connectivity index (χ1v) is 5.89. The Bertz CT molecular complexity index is 387. The number of amides is 1. The molecular weight excluding hydrogens is 271 g/mol.